The monoisotopic (exact) mass is 658 g/mol. The maximum Gasteiger partial charge on any atom is 0.419 e. The summed E-state index contributed by atoms with van der Waals surface area (Å²) in [5.41, 5.74) is 6.60. The molecule has 0 aliphatic heterocycles. The van der Waals surface area contributed by atoms with Gasteiger partial charge in [-0.15, -0.1) is 0 Å². The predicted molar refractivity (Wildman–Crippen MR) is 156 cm³/mol. The number of nitrogens with two attached hydrogens (primary N) is 1. The summed E-state index contributed by atoms with van der Waals surface area (Å²) in [6.45, 7) is 5.42. The molecule has 0 aliphatic rings. The first-order valence-electron chi connectivity index (χ1n) is 13.3. The molecule has 0 fully saturated rings. The Labute approximate surface area is 252 Å². The lowest BCUT2D eigenvalue weighted by molar-refractivity contribution is -0.141. The Morgan fingerprint density at radius 3 is 2.40 bits per heavy atom. The second-order valence-electron chi connectivity index (χ2n) is 9.19. The van der Waals surface area contributed by atoms with E-state index in [0.29, 0.717) is 25.4 Å². The number of benzene rings is 1. The quantitative estimate of drug-likeness (QED) is 0.0414. The molecule has 2 atom stereocenters. The number of hydrogen-bond acceptors (Lipinski definition) is 10. The van der Waals surface area contributed by atoms with Crippen molar-refractivity contribution in [3.05, 3.63) is 34.3 Å². The molecular weight excluding hydrogens is 620 g/mol. The van der Waals surface area contributed by atoms with Gasteiger partial charge in [0.1, 0.15) is 5.75 Å². The minimum atomic E-state index is -1.15. The van der Waals surface area contributed by atoms with E-state index in [9.17, 15) is 29.1 Å². The molecule has 0 radical (unpaired) electrons. The van der Waals surface area contributed by atoms with Gasteiger partial charge in [0.2, 0.25) is 5.91 Å². The van der Waals surface area contributed by atoms with Crippen molar-refractivity contribution in [3.8, 4) is 5.75 Å². The maximum absolute atomic E-state index is 12.1. The van der Waals surface area contributed by atoms with Crippen LogP contribution < -0.4 is 21.7 Å². The van der Waals surface area contributed by atoms with E-state index >= 15 is 0 Å². The Kier molecular flexibility index (Phi) is 17.7. The molecule has 2 unspecified atom stereocenters. The van der Waals surface area contributed by atoms with Gasteiger partial charge >= 0.3 is 18.0 Å². The van der Waals surface area contributed by atoms with Crippen molar-refractivity contribution in [2.24, 2.45) is 11.7 Å². The molecule has 0 bridgehead atoms. The molecule has 7 N–H and O–H groups in total. The number of phenolic OH excluding ortho intramolecular Hbond substituents is 1. The molecule has 42 heavy (non-hydrogen) atoms. The molecule has 3 amide bonds. The van der Waals surface area contributed by atoms with E-state index in [2.05, 4.69) is 36.6 Å². The molecule has 0 aromatic heterocycles. The number of rotatable bonds is 19. The van der Waals surface area contributed by atoms with Crippen molar-refractivity contribution in [2.75, 3.05) is 44.8 Å². The van der Waals surface area contributed by atoms with Crippen LogP contribution >= 0.6 is 15.9 Å². The van der Waals surface area contributed by atoms with Crippen molar-refractivity contribution in [1.29, 1.82) is 0 Å². The zero-order valence-corrected chi connectivity index (χ0v) is 25.2. The molecule has 1 aromatic carbocycles. The average molecular weight is 660 g/mol. The summed E-state index contributed by atoms with van der Waals surface area (Å²) < 4.78 is 15.1. The zero-order chi connectivity index (χ0) is 31.5. The van der Waals surface area contributed by atoms with Crippen molar-refractivity contribution in [2.45, 2.75) is 45.6 Å². The molecule has 0 saturated carbocycles. The van der Waals surface area contributed by atoms with Crippen LogP contribution in [-0.4, -0.2) is 85.6 Å². The van der Waals surface area contributed by atoms with Crippen molar-refractivity contribution in [1.82, 2.24) is 10.6 Å². The lowest BCUT2D eigenvalue weighted by Gasteiger charge is -2.15. The van der Waals surface area contributed by atoms with E-state index in [1.165, 1.54) is 12.1 Å². The minimum Gasteiger partial charge on any atom is -0.506 e. The van der Waals surface area contributed by atoms with Crippen LogP contribution in [0.25, 0.3) is 0 Å². The third-order valence-electron chi connectivity index (χ3n) is 5.44. The van der Waals surface area contributed by atoms with Gasteiger partial charge in [0.25, 0.3) is 5.91 Å². The highest BCUT2D eigenvalue weighted by Crippen LogP contribution is 2.25. The number of aromatic hydroxyl groups is 1. The molecule has 0 saturated heterocycles. The van der Waals surface area contributed by atoms with Crippen LogP contribution in [0.4, 0.5) is 10.5 Å². The van der Waals surface area contributed by atoms with Crippen LogP contribution in [0.1, 0.15) is 38.7 Å². The third-order valence-corrected chi connectivity index (χ3v) is 6.02. The van der Waals surface area contributed by atoms with Gasteiger partial charge in [-0.1, -0.05) is 19.9 Å². The Morgan fingerprint density at radius 2 is 1.74 bits per heavy atom. The first kappa shape index (κ1) is 36.5. The molecule has 14 nitrogen and oxygen atoms in total. The number of ether oxygens (including phenoxy) is 3. The molecular formula is C27H39BrN4O10. The number of aliphatic carboxylic acids is 1. The average Bonchev–Trinajstić information content (AvgIpc) is 2.91. The number of amides is 3. The van der Waals surface area contributed by atoms with Gasteiger partial charge in [0.15, 0.2) is 0 Å². The molecule has 15 heteroatoms. The highest BCUT2D eigenvalue weighted by Gasteiger charge is 2.18. The summed E-state index contributed by atoms with van der Waals surface area (Å²) in [4.78, 5) is 59.2. The van der Waals surface area contributed by atoms with Gasteiger partial charge in [0, 0.05) is 31.8 Å². The van der Waals surface area contributed by atoms with Gasteiger partial charge in [-0.25, -0.2) is 4.79 Å². The normalized spacial score (nSPS) is 12.6. The summed E-state index contributed by atoms with van der Waals surface area (Å²) in [5, 5.41) is 26.3. The summed E-state index contributed by atoms with van der Waals surface area (Å²) in [7, 11) is 0. The SMILES string of the molecule is CCCOCCOCCNC(=O)/C=C(/Br)C(=O)NCCC(=O)OC(=O)Nc1cc(CC(N)CC(C)C(=O)O)ccc1O. The lowest BCUT2D eigenvalue weighted by atomic mass is 9.96. The maximum atomic E-state index is 12.1. The Hall–Kier alpha value is -3.53. The minimum absolute atomic E-state index is 0.0306. The number of carbonyl (C=O) groups is 5. The second kappa shape index (κ2) is 20.4. The third kappa shape index (κ3) is 16.0. The molecule has 0 heterocycles. The first-order chi connectivity index (χ1) is 19.9. The van der Waals surface area contributed by atoms with E-state index < -0.39 is 41.8 Å². The highest BCUT2D eigenvalue weighted by molar-refractivity contribution is 9.12. The summed E-state index contributed by atoms with van der Waals surface area (Å²) >= 11 is 2.99. The first-order valence-corrected chi connectivity index (χ1v) is 14.1. The molecule has 1 aromatic rings. The molecule has 0 aliphatic carbocycles. The summed E-state index contributed by atoms with van der Waals surface area (Å²) in [6, 6.07) is 3.85. The standard InChI is InChI=1S/C27H39BrN4O10/c1-3-9-40-11-12-41-10-8-30-23(34)16-20(28)25(36)31-7-6-24(35)42-27(39)32-21-15-18(4-5-22(21)33)14-19(29)13-17(2)26(37)38/h4-5,15-17,19,33H,3,6-14,29H2,1-2H3,(H,30,34)(H,31,36)(H,32,39)(H,37,38)/b20-16+. The smallest absolute Gasteiger partial charge is 0.419 e. The van der Waals surface area contributed by atoms with Crippen LogP contribution in [0.15, 0.2) is 28.8 Å². The Morgan fingerprint density at radius 1 is 1.05 bits per heavy atom. The van der Waals surface area contributed by atoms with Crippen LogP contribution in [0.3, 0.4) is 0 Å². The van der Waals surface area contributed by atoms with Crippen LogP contribution in [0.5, 0.6) is 5.75 Å². The second-order valence-corrected chi connectivity index (χ2v) is 10.0. The van der Waals surface area contributed by atoms with Gasteiger partial charge in [-0.3, -0.25) is 24.5 Å². The van der Waals surface area contributed by atoms with Crippen LogP contribution in [0.2, 0.25) is 0 Å². The Balaban J connectivity index is 2.39. The number of nitrogens with one attached hydrogen (secondary N) is 3. The molecule has 0 spiro atoms. The van der Waals surface area contributed by atoms with E-state index in [0.717, 1.165) is 12.5 Å². The van der Waals surface area contributed by atoms with E-state index in [1.54, 1.807) is 13.0 Å². The molecule has 1 rings (SSSR count). The van der Waals surface area contributed by atoms with Gasteiger partial charge < -0.3 is 40.8 Å². The topological polar surface area (TPSA) is 216 Å². The van der Waals surface area contributed by atoms with Gasteiger partial charge in [-0.05, 0) is 52.9 Å². The van der Waals surface area contributed by atoms with Gasteiger partial charge in [0.05, 0.1) is 42.3 Å². The fraction of sp³-hybridized carbons (Fsp3) is 0.519. The number of phenols is 1. The zero-order valence-electron chi connectivity index (χ0n) is 23.7. The van der Waals surface area contributed by atoms with E-state index in [1.807, 2.05) is 6.92 Å². The van der Waals surface area contributed by atoms with Crippen LogP contribution in [-0.2, 0) is 39.8 Å². The van der Waals surface area contributed by atoms with Crippen molar-refractivity contribution < 1.29 is 48.4 Å². The number of carboxylic acids is 1. The van der Waals surface area contributed by atoms with E-state index in [4.69, 9.17) is 20.3 Å². The van der Waals surface area contributed by atoms with Crippen molar-refractivity contribution in [3.63, 3.8) is 0 Å². The van der Waals surface area contributed by atoms with Gasteiger partial charge in [-0.2, -0.15) is 0 Å². The number of anilines is 1. The number of carbonyl (C=O) groups excluding carboxylic acids is 4. The predicted octanol–water partition coefficient (Wildman–Crippen LogP) is 1.79. The number of esters is 1. The number of halogens is 1. The fourth-order valence-corrected chi connectivity index (χ4v) is 3.70. The lowest BCUT2D eigenvalue weighted by Crippen LogP contribution is -2.30. The van der Waals surface area contributed by atoms with Crippen LogP contribution in [0, 0.1) is 5.92 Å². The highest BCUT2D eigenvalue weighted by atomic mass is 79.9. The summed E-state index contributed by atoms with van der Waals surface area (Å²) in [5.74, 6) is -4.01. The Bertz CT molecular complexity index is 1100. The largest absolute Gasteiger partial charge is 0.506 e. The number of carboxylic acid groups (broad SMARTS) is 1. The molecule has 234 valence electrons. The fourth-order valence-electron chi connectivity index (χ4n) is 3.35. The summed E-state index contributed by atoms with van der Waals surface area (Å²) in [6.07, 6.45) is 0.967. The number of hydrogen-bond donors (Lipinski definition) is 6. The van der Waals surface area contributed by atoms with Crippen molar-refractivity contribution >= 4 is 51.5 Å². The van der Waals surface area contributed by atoms with E-state index in [-0.39, 0.29) is 54.9 Å².